The first-order valence-electron chi connectivity index (χ1n) is 9.00. The van der Waals surface area contributed by atoms with E-state index in [4.69, 9.17) is 0 Å². The molecule has 130 valence electrons. The van der Waals surface area contributed by atoms with Gasteiger partial charge in [-0.15, -0.1) is 0 Å². The highest BCUT2D eigenvalue weighted by Gasteiger charge is 2.23. The number of nitrogens with one attached hydrogen (secondary N) is 2. The number of anilines is 1. The molecular formula is C20H23N3OS. The van der Waals surface area contributed by atoms with E-state index in [1.54, 1.807) is 0 Å². The molecule has 1 heterocycles. The van der Waals surface area contributed by atoms with E-state index in [1.165, 1.54) is 36.4 Å². The zero-order chi connectivity index (χ0) is 17.2. The van der Waals surface area contributed by atoms with Crippen LogP contribution in [0.3, 0.4) is 0 Å². The Balaban J connectivity index is 1.41. The van der Waals surface area contributed by atoms with Crippen LogP contribution in [0.2, 0.25) is 0 Å². The second kappa shape index (κ2) is 7.08. The van der Waals surface area contributed by atoms with Crippen LogP contribution in [0.1, 0.15) is 32.6 Å². The van der Waals surface area contributed by atoms with E-state index in [0.29, 0.717) is 17.7 Å². The standard InChI is InChI=1S/C20H23N3OS/c1-13-6-2-3-9-15(13)21-18(24)12-25-20-22-16-10-4-7-14-8-5-11-17(23-20)19(14)16/h4-5,7-8,10-11,13,15H,2-3,6,9,12H2,1H3,(H,21,24)(H,22,23)/t13-,15-/m0/s1. The van der Waals surface area contributed by atoms with E-state index >= 15 is 0 Å². The Hall–Kier alpha value is -2.01. The molecule has 4 nitrogen and oxygen atoms in total. The summed E-state index contributed by atoms with van der Waals surface area (Å²) < 4.78 is 0. The normalized spacial score (nSPS) is 22.2. The maximum absolute atomic E-state index is 12.3. The SMILES string of the molecule is C[C@H]1CCCC[C@@H]1NC(=O)CSC1=Nc2cccc3cccc(c23)N1. The fraction of sp³-hybridized carbons (Fsp3) is 0.400. The van der Waals surface area contributed by atoms with Crippen LogP contribution in [0.4, 0.5) is 11.4 Å². The van der Waals surface area contributed by atoms with Crippen molar-refractivity contribution in [2.45, 2.75) is 38.6 Å². The minimum absolute atomic E-state index is 0.102. The van der Waals surface area contributed by atoms with Gasteiger partial charge >= 0.3 is 0 Å². The summed E-state index contributed by atoms with van der Waals surface area (Å²) in [5.74, 6) is 1.08. The lowest BCUT2D eigenvalue weighted by Gasteiger charge is -2.29. The highest BCUT2D eigenvalue weighted by molar-refractivity contribution is 8.14. The van der Waals surface area contributed by atoms with Crippen molar-refractivity contribution in [3.8, 4) is 0 Å². The van der Waals surface area contributed by atoms with E-state index in [-0.39, 0.29) is 5.91 Å². The molecule has 2 aliphatic rings. The Morgan fingerprint density at radius 3 is 2.88 bits per heavy atom. The Labute approximate surface area is 152 Å². The lowest BCUT2D eigenvalue weighted by molar-refractivity contribution is -0.119. The van der Waals surface area contributed by atoms with Crippen LogP contribution in [-0.4, -0.2) is 22.9 Å². The fourth-order valence-electron chi connectivity index (χ4n) is 3.75. The number of carbonyl (C=O) groups is 1. The minimum Gasteiger partial charge on any atom is -0.352 e. The summed E-state index contributed by atoms with van der Waals surface area (Å²) >= 11 is 1.47. The summed E-state index contributed by atoms with van der Waals surface area (Å²) in [4.78, 5) is 17.0. The molecular weight excluding hydrogens is 330 g/mol. The molecule has 0 radical (unpaired) electrons. The Kier molecular flexibility index (Phi) is 4.66. The number of hydrogen-bond donors (Lipinski definition) is 2. The van der Waals surface area contributed by atoms with Crippen molar-refractivity contribution in [3.63, 3.8) is 0 Å². The molecule has 1 aliphatic heterocycles. The van der Waals surface area contributed by atoms with Gasteiger partial charge in [-0.1, -0.05) is 55.8 Å². The maximum atomic E-state index is 12.3. The first-order valence-corrected chi connectivity index (χ1v) is 9.99. The summed E-state index contributed by atoms with van der Waals surface area (Å²) in [6.07, 6.45) is 4.82. The number of hydrogen-bond acceptors (Lipinski definition) is 4. The van der Waals surface area contributed by atoms with Crippen LogP contribution in [0.15, 0.2) is 41.4 Å². The molecule has 0 saturated heterocycles. The maximum Gasteiger partial charge on any atom is 0.230 e. The smallest absolute Gasteiger partial charge is 0.230 e. The number of amides is 1. The van der Waals surface area contributed by atoms with Gasteiger partial charge in [0, 0.05) is 11.4 Å². The third-order valence-corrected chi connectivity index (χ3v) is 6.02. The molecule has 2 aromatic rings. The second-order valence-electron chi connectivity index (χ2n) is 6.95. The molecule has 1 amide bonds. The van der Waals surface area contributed by atoms with Crippen LogP contribution in [-0.2, 0) is 4.79 Å². The van der Waals surface area contributed by atoms with Crippen LogP contribution >= 0.6 is 11.8 Å². The average Bonchev–Trinajstić information content (AvgIpc) is 2.62. The summed E-state index contributed by atoms with van der Waals surface area (Å²) in [5, 5.41) is 9.68. The largest absolute Gasteiger partial charge is 0.352 e. The number of rotatable bonds is 3. The van der Waals surface area contributed by atoms with Gasteiger partial charge in [-0.25, -0.2) is 4.99 Å². The molecule has 2 atom stereocenters. The molecule has 0 spiro atoms. The molecule has 1 saturated carbocycles. The van der Waals surface area contributed by atoms with Gasteiger partial charge in [0.25, 0.3) is 0 Å². The van der Waals surface area contributed by atoms with E-state index in [2.05, 4.69) is 40.7 Å². The Morgan fingerprint density at radius 2 is 2.04 bits per heavy atom. The van der Waals surface area contributed by atoms with E-state index in [1.807, 2.05) is 18.2 Å². The zero-order valence-electron chi connectivity index (χ0n) is 14.4. The first-order chi connectivity index (χ1) is 12.2. The van der Waals surface area contributed by atoms with Crippen LogP contribution < -0.4 is 10.6 Å². The van der Waals surface area contributed by atoms with Crippen molar-refractivity contribution in [2.24, 2.45) is 10.9 Å². The second-order valence-corrected chi connectivity index (χ2v) is 7.91. The van der Waals surface area contributed by atoms with Crippen molar-refractivity contribution >= 4 is 45.0 Å². The van der Waals surface area contributed by atoms with Crippen LogP contribution in [0.25, 0.3) is 10.8 Å². The van der Waals surface area contributed by atoms with Crippen molar-refractivity contribution in [3.05, 3.63) is 36.4 Å². The monoisotopic (exact) mass is 353 g/mol. The molecule has 5 heteroatoms. The highest BCUT2D eigenvalue weighted by atomic mass is 32.2. The quantitative estimate of drug-likeness (QED) is 0.842. The molecule has 2 N–H and O–H groups in total. The number of benzene rings is 2. The van der Waals surface area contributed by atoms with Crippen LogP contribution in [0, 0.1) is 5.92 Å². The Morgan fingerprint density at radius 1 is 1.24 bits per heavy atom. The van der Waals surface area contributed by atoms with Gasteiger partial charge in [-0.05, 0) is 36.3 Å². The molecule has 0 aromatic heterocycles. The third kappa shape index (κ3) is 3.52. The van der Waals surface area contributed by atoms with Gasteiger partial charge in [0.15, 0.2) is 5.17 Å². The van der Waals surface area contributed by atoms with Crippen molar-refractivity contribution in [2.75, 3.05) is 11.1 Å². The van der Waals surface area contributed by atoms with Gasteiger partial charge < -0.3 is 10.6 Å². The number of amidine groups is 1. The molecule has 4 rings (SSSR count). The number of thioether (sulfide) groups is 1. The van der Waals surface area contributed by atoms with Gasteiger partial charge in [0.1, 0.15) is 0 Å². The van der Waals surface area contributed by atoms with Crippen molar-refractivity contribution in [1.82, 2.24) is 5.32 Å². The van der Waals surface area contributed by atoms with Gasteiger partial charge in [-0.2, -0.15) is 0 Å². The zero-order valence-corrected chi connectivity index (χ0v) is 15.2. The predicted octanol–water partition coefficient (Wildman–Crippen LogP) is 4.68. The summed E-state index contributed by atoms with van der Waals surface area (Å²) in [6, 6.07) is 12.7. The fourth-order valence-corrected chi connectivity index (χ4v) is 4.45. The molecule has 2 aromatic carbocycles. The lowest BCUT2D eigenvalue weighted by Crippen LogP contribution is -2.42. The van der Waals surface area contributed by atoms with Gasteiger partial charge in [0.05, 0.1) is 17.1 Å². The lowest BCUT2D eigenvalue weighted by atomic mass is 9.86. The third-order valence-electron chi connectivity index (χ3n) is 5.14. The molecule has 25 heavy (non-hydrogen) atoms. The molecule has 0 bridgehead atoms. The van der Waals surface area contributed by atoms with Crippen molar-refractivity contribution < 1.29 is 4.79 Å². The first kappa shape index (κ1) is 16.5. The molecule has 1 aliphatic carbocycles. The number of aliphatic imine (C=N–C) groups is 1. The number of carbonyl (C=O) groups excluding carboxylic acids is 1. The topological polar surface area (TPSA) is 53.5 Å². The summed E-state index contributed by atoms with van der Waals surface area (Å²) in [7, 11) is 0. The summed E-state index contributed by atoms with van der Waals surface area (Å²) in [5.41, 5.74) is 2.03. The predicted molar refractivity (Wildman–Crippen MR) is 107 cm³/mol. The van der Waals surface area contributed by atoms with Crippen LogP contribution in [0.5, 0.6) is 0 Å². The minimum atomic E-state index is 0.102. The Bertz CT molecular complexity index is 828. The van der Waals surface area contributed by atoms with E-state index in [9.17, 15) is 4.79 Å². The van der Waals surface area contributed by atoms with E-state index in [0.717, 1.165) is 28.3 Å². The molecule has 0 unspecified atom stereocenters. The molecule has 1 fully saturated rings. The summed E-state index contributed by atoms with van der Waals surface area (Å²) in [6.45, 7) is 2.24. The van der Waals surface area contributed by atoms with Crippen molar-refractivity contribution in [1.29, 1.82) is 0 Å². The number of nitrogens with zero attached hydrogens (tertiary/aromatic N) is 1. The average molecular weight is 353 g/mol. The van der Waals surface area contributed by atoms with Gasteiger partial charge in [-0.3, -0.25) is 4.79 Å². The van der Waals surface area contributed by atoms with E-state index < -0.39 is 0 Å². The highest BCUT2D eigenvalue weighted by Crippen LogP contribution is 2.36. The van der Waals surface area contributed by atoms with Gasteiger partial charge in [0.2, 0.25) is 5.91 Å².